The summed E-state index contributed by atoms with van der Waals surface area (Å²) in [5, 5.41) is 0. The van der Waals surface area contributed by atoms with Gasteiger partial charge in [-0.1, -0.05) is 129 Å². The Balaban J connectivity index is 1.23. The van der Waals surface area contributed by atoms with E-state index in [0.717, 1.165) is 36.0 Å². The second-order valence-electron chi connectivity index (χ2n) is 11.6. The number of rotatable bonds is 15. The molecular weight excluding hydrogens is 400 g/mol. The maximum Gasteiger partial charge on any atom is 0.119 e. The Bertz CT molecular complexity index is 589. The molecule has 2 saturated carbocycles. The minimum Gasteiger partial charge on any atom is -0.494 e. The zero-order valence-corrected chi connectivity index (χ0v) is 22.2. The van der Waals surface area contributed by atoms with Crippen molar-refractivity contribution in [2.45, 2.75) is 136 Å². The van der Waals surface area contributed by atoms with Gasteiger partial charge in [0.2, 0.25) is 0 Å². The van der Waals surface area contributed by atoms with Gasteiger partial charge in [-0.25, -0.2) is 0 Å². The molecule has 1 aromatic carbocycles. The summed E-state index contributed by atoms with van der Waals surface area (Å²) in [7, 11) is 0. The minimum absolute atomic E-state index is 0.858. The number of hydrogen-bond donors (Lipinski definition) is 0. The molecule has 33 heavy (non-hydrogen) atoms. The van der Waals surface area contributed by atoms with Crippen LogP contribution in [0.5, 0.6) is 5.75 Å². The Hall–Kier alpha value is -0.980. The van der Waals surface area contributed by atoms with E-state index >= 15 is 0 Å². The van der Waals surface area contributed by atoms with Gasteiger partial charge in [-0.15, -0.1) is 0 Å². The fourth-order valence-corrected chi connectivity index (χ4v) is 6.44. The summed E-state index contributed by atoms with van der Waals surface area (Å²) in [5.74, 6) is 5.17. The zero-order valence-electron chi connectivity index (χ0n) is 22.2. The van der Waals surface area contributed by atoms with Gasteiger partial charge in [-0.3, -0.25) is 0 Å². The number of ether oxygens (including phenoxy) is 1. The van der Waals surface area contributed by atoms with E-state index in [2.05, 4.69) is 38.1 Å². The predicted molar refractivity (Wildman–Crippen MR) is 144 cm³/mol. The smallest absolute Gasteiger partial charge is 0.119 e. The van der Waals surface area contributed by atoms with Gasteiger partial charge < -0.3 is 4.74 Å². The molecule has 0 N–H and O–H groups in total. The lowest BCUT2D eigenvalue weighted by Gasteiger charge is -2.32. The average Bonchev–Trinajstić information content (AvgIpc) is 2.86. The van der Waals surface area contributed by atoms with Gasteiger partial charge in [0.25, 0.3) is 0 Å². The van der Waals surface area contributed by atoms with Crippen molar-refractivity contribution >= 4 is 0 Å². The average molecular weight is 455 g/mol. The maximum atomic E-state index is 5.86. The highest BCUT2D eigenvalue weighted by Gasteiger charge is 2.24. The Kier molecular flexibility index (Phi) is 12.8. The molecule has 1 nitrogen and oxygen atoms in total. The molecule has 0 aromatic heterocycles. The van der Waals surface area contributed by atoms with Crippen LogP contribution in [0.15, 0.2) is 24.3 Å². The summed E-state index contributed by atoms with van der Waals surface area (Å²) >= 11 is 0. The third-order valence-corrected chi connectivity index (χ3v) is 8.91. The summed E-state index contributed by atoms with van der Waals surface area (Å²) in [6.45, 7) is 5.42. The second-order valence-corrected chi connectivity index (χ2v) is 11.6. The van der Waals surface area contributed by atoms with Crippen LogP contribution >= 0.6 is 0 Å². The zero-order chi connectivity index (χ0) is 23.1. The molecule has 2 fully saturated rings. The molecule has 0 amide bonds. The standard InChI is InChI=1S/C32H54O/c1-3-5-7-9-27-10-12-28(13-11-27)14-15-29-16-18-30(19-17-29)20-21-31-22-24-32(25-23-31)33-26-8-6-4-2/h22-25,27-30H,3-21,26H2,1-2H3/t27-,28-,29-,30-. The number of benzene rings is 1. The molecular formula is C32H54O. The van der Waals surface area contributed by atoms with E-state index in [1.54, 1.807) is 0 Å². The highest BCUT2D eigenvalue weighted by atomic mass is 16.5. The summed E-state index contributed by atoms with van der Waals surface area (Å²) in [6, 6.07) is 8.94. The molecule has 1 aromatic rings. The number of hydrogen-bond acceptors (Lipinski definition) is 1. The van der Waals surface area contributed by atoms with Gasteiger partial charge in [0.05, 0.1) is 6.61 Å². The molecule has 0 bridgehead atoms. The lowest BCUT2D eigenvalue weighted by atomic mass is 9.74. The van der Waals surface area contributed by atoms with Gasteiger partial charge in [0.15, 0.2) is 0 Å². The van der Waals surface area contributed by atoms with E-state index < -0.39 is 0 Å². The van der Waals surface area contributed by atoms with Crippen LogP contribution in [0.2, 0.25) is 0 Å². The van der Waals surface area contributed by atoms with Crippen LogP contribution < -0.4 is 4.74 Å². The first-order chi connectivity index (χ1) is 16.3. The van der Waals surface area contributed by atoms with Crippen LogP contribution in [0.25, 0.3) is 0 Å². The van der Waals surface area contributed by atoms with Crippen LogP contribution in [0.3, 0.4) is 0 Å². The van der Waals surface area contributed by atoms with Crippen molar-refractivity contribution in [2.75, 3.05) is 6.61 Å². The van der Waals surface area contributed by atoms with Gasteiger partial charge in [-0.05, 0) is 60.6 Å². The molecule has 2 aliphatic carbocycles. The Labute approximate surface area is 206 Å². The molecule has 2 aliphatic rings. The lowest BCUT2D eigenvalue weighted by molar-refractivity contribution is 0.208. The minimum atomic E-state index is 0.858. The Morgan fingerprint density at radius 1 is 0.576 bits per heavy atom. The van der Waals surface area contributed by atoms with E-state index in [1.807, 2.05) is 0 Å². The number of aryl methyl sites for hydroxylation is 1. The second kappa shape index (κ2) is 15.8. The molecule has 188 valence electrons. The van der Waals surface area contributed by atoms with Crippen molar-refractivity contribution in [3.63, 3.8) is 0 Å². The van der Waals surface area contributed by atoms with Gasteiger partial charge in [0.1, 0.15) is 5.75 Å². The molecule has 0 radical (unpaired) electrons. The van der Waals surface area contributed by atoms with E-state index in [-0.39, 0.29) is 0 Å². The third-order valence-electron chi connectivity index (χ3n) is 8.91. The summed E-state index contributed by atoms with van der Waals surface area (Å²) in [5.41, 5.74) is 1.49. The van der Waals surface area contributed by atoms with E-state index in [4.69, 9.17) is 4.74 Å². The SMILES string of the molecule is CCCCCOc1ccc(CC[C@H]2CC[C@H](CC[C@H]3CC[C@H](CCCCC)CC3)CC2)cc1. The normalized spacial score (nSPS) is 25.8. The van der Waals surface area contributed by atoms with Crippen LogP contribution in [-0.2, 0) is 6.42 Å². The quantitative estimate of drug-likeness (QED) is 0.239. The molecule has 0 aliphatic heterocycles. The summed E-state index contributed by atoms with van der Waals surface area (Å²) in [4.78, 5) is 0. The molecule has 0 unspecified atom stereocenters. The molecule has 3 rings (SSSR count). The molecule has 0 spiro atoms. The molecule has 0 heterocycles. The van der Waals surface area contributed by atoms with Crippen molar-refractivity contribution in [1.82, 2.24) is 0 Å². The van der Waals surface area contributed by atoms with Crippen molar-refractivity contribution in [3.05, 3.63) is 29.8 Å². The van der Waals surface area contributed by atoms with E-state index in [1.165, 1.54) is 128 Å². The Morgan fingerprint density at radius 2 is 1.06 bits per heavy atom. The van der Waals surface area contributed by atoms with Gasteiger partial charge in [0, 0.05) is 0 Å². The highest BCUT2D eigenvalue weighted by Crippen LogP contribution is 2.38. The first-order valence-electron chi connectivity index (χ1n) is 15.0. The molecule has 0 atom stereocenters. The third kappa shape index (κ3) is 10.4. The lowest BCUT2D eigenvalue weighted by Crippen LogP contribution is -2.18. The van der Waals surface area contributed by atoms with Gasteiger partial charge in [-0.2, -0.15) is 0 Å². The fourth-order valence-electron chi connectivity index (χ4n) is 6.44. The van der Waals surface area contributed by atoms with E-state index in [0.29, 0.717) is 0 Å². The van der Waals surface area contributed by atoms with Crippen LogP contribution in [0.4, 0.5) is 0 Å². The topological polar surface area (TPSA) is 9.23 Å². The summed E-state index contributed by atoms with van der Waals surface area (Å²) < 4.78 is 5.86. The predicted octanol–water partition coefficient (Wildman–Crippen LogP) is 10.2. The molecule has 1 heteroatoms. The van der Waals surface area contributed by atoms with Crippen molar-refractivity contribution in [1.29, 1.82) is 0 Å². The van der Waals surface area contributed by atoms with Gasteiger partial charge >= 0.3 is 0 Å². The van der Waals surface area contributed by atoms with Crippen molar-refractivity contribution < 1.29 is 4.74 Å². The van der Waals surface area contributed by atoms with Crippen LogP contribution in [-0.4, -0.2) is 6.61 Å². The highest BCUT2D eigenvalue weighted by molar-refractivity contribution is 5.27. The van der Waals surface area contributed by atoms with Crippen LogP contribution in [0, 0.1) is 23.7 Å². The largest absolute Gasteiger partial charge is 0.494 e. The van der Waals surface area contributed by atoms with E-state index in [9.17, 15) is 0 Å². The maximum absolute atomic E-state index is 5.86. The number of unbranched alkanes of at least 4 members (excludes halogenated alkanes) is 4. The first kappa shape index (κ1) is 26.6. The Morgan fingerprint density at radius 3 is 1.61 bits per heavy atom. The van der Waals surface area contributed by atoms with Crippen molar-refractivity contribution in [2.24, 2.45) is 23.7 Å². The summed E-state index contributed by atoms with van der Waals surface area (Å²) in [6.07, 6.45) is 27.3. The fraction of sp³-hybridized carbons (Fsp3) is 0.812. The first-order valence-corrected chi connectivity index (χ1v) is 15.0. The monoisotopic (exact) mass is 454 g/mol. The molecule has 0 saturated heterocycles. The van der Waals surface area contributed by atoms with Crippen molar-refractivity contribution in [3.8, 4) is 5.75 Å². The van der Waals surface area contributed by atoms with Crippen LogP contribution in [0.1, 0.15) is 135 Å².